The molecule has 1 aliphatic rings. The fourth-order valence-corrected chi connectivity index (χ4v) is 3.67. The third-order valence-corrected chi connectivity index (χ3v) is 5.46. The van der Waals surface area contributed by atoms with E-state index in [0.29, 0.717) is 37.0 Å². The second-order valence-corrected chi connectivity index (χ2v) is 7.54. The van der Waals surface area contributed by atoms with Gasteiger partial charge in [-0.3, -0.25) is 4.79 Å². The largest absolute Gasteiger partial charge is 0.459 e. The molecule has 4 aromatic rings. The van der Waals surface area contributed by atoms with E-state index < -0.39 is 0 Å². The molecule has 0 saturated carbocycles. The van der Waals surface area contributed by atoms with Gasteiger partial charge in [0.25, 0.3) is 5.91 Å². The molecule has 1 saturated heterocycles. The number of amides is 3. The number of imidazole rings is 1. The van der Waals surface area contributed by atoms with Gasteiger partial charge in [-0.25, -0.2) is 9.78 Å². The van der Waals surface area contributed by atoms with Crippen molar-refractivity contribution in [3.63, 3.8) is 0 Å². The van der Waals surface area contributed by atoms with Crippen LogP contribution in [0.4, 0.5) is 10.5 Å². The molecule has 156 valence electrons. The number of pyridine rings is 1. The number of likely N-dealkylation sites (tertiary alicyclic amines) is 1. The van der Waals surface area contributed by atoms with Gasteiger partial charge in [-0.2, -0.15) is 0 Å². The molecule has 1 fully saturated rings. The van der Waals surface area contributed by atoms with Crippen molar-refractivity contribution in [2.75, 3.05) is 18.4 Å². The number of nitrogens with one attached hydrogen (secondary N) is 2. The van der Waals surface area contributed by atoms with Gasteiger partial charge in [0.1, 0.15) is 5.65 Å². The van der Waals surface area contributed by atoms with Crippen LogP contribution in [0.2, 0.25) is 0 Å². The van der Waals surface area contributed by atoms with E-state index >= 15 is 0 Å². The predicted octanol–water partition coefficient (Wildman–Crippen LogP) is 3.49. The highest BCUT2D eigenvalue weighted by atomic mass is 16.3. The fraction of sp³-hybridized carbons (Fsp3) is 0.174. The third kappa shape index (κ3) is 4.00. The number of hydrogen-bond acceptors (Lipinski definition) is 4. The maximum absolute atomic E-state index is 12.2. The van der Waals surface area contributed by atoms with Gasteiger partial charge in [0, 0.05) is 49.8 Å². The van der Waals surface area contributed by atoms with Crippen molar-refractivity contribution in [2.24, 2.45) is 0 Å². The van der Waals surface area contributed by atoms with Crippen LogP contribution in [0, 0.1) is 0 Å². The minimum atomic E-state index is -0.269. The molecular formula is C23H21N5O3. The van der Waals surface area contributed by atoms with Crippen molar-refractivity contribution >= 4 is 23.3 Å². The lowest BCUT2D eigenvalue weighted by atomic mass is 9.91. The summed E-state index contributed by atoms with van der Waals surface area (Å²) in [4.78, 5) is 30.5. The van der Waals surface area contributed by atoms with Gasteiger partial charge in [-0.1, -0.05) is 12.1 Å². The van der Waals surface area contributed by atoms with E-state index in [1.807, 2.05) is 53.2 Å². The van der Waals surface area contributed by atoms with Crippen molar-refractivity contribution in [1.82, 2.24) is 19.6 Å². The maximum Gasteiger partial charge on any atom is 0.319 e. The van der Waals surface area contributed by atoms with E-state index in [4.69, 9.17) is 4.42 Å². The van der Waals surface area contributed by atoms with E-state index in [-0.39, 0.29) is 11.9 Å². The summed E-state index contributed by atoms with van der Waals surface area (Å²) in [6.07, 6.45) is 7.03. The Balaban J connectivity index is 1.11. The van der Waals surface area contributed by atoms with Crippen molar-refractivity contribution in [3.8, 4) is 0 Å². The number of furan rings is 1. The quantitative estimate of drug-likeness (QED) is 0.522. The number of hydrogen-bond donors (Lipinski definition) is 2. The predicted molar refractivity (Wildman–Crippen MR) is 115 cm³/mol. The van der Waals surface area contributed by atoms with Crippen molar-refractivity contribution in [3.05, 3.63) is 90.3 Å². The summed E-state index contributed by atoms with van der Waals surface area (Å²) in [5, 5.41) is 5.70. The molecule has 0 spiro atoms. The second kappa shape index (κ2) is 7.98. The van der Waals surface area contributed by atoms with Gasteiger partial charge < -0.3 is 24.4 Å². The summed E-state index contributed by atoms with van der Waals surface area (Å²) in [5.74, 6) is 0.580. The number of aromatic nitrogens is 2. The average molecular weight is 415 g/mol. The molecule has 2 N–H and O–H groups in total. The second-order valence-electron chi connectivity index (χ2n) is 7.54. The number of rotatable bonds is 5. The van der Waals surface area contributed by atoms with E-state index in [1.165, 1.54) is 6.26 Å². The molecule has 0 atom stereocenters. The zero-order chi connectivity index (χ0) is 21.2. The minimum absolute atomic E-state index is 0.0805. The van der Waals surface area contributed by atoms with Crippen LogP contribution in [0.15, 0.2) is 77.8 Å². The summed E-state index contributed by atoms with van der Waals surface area (Å²) in [6, 6.07) is 14.7. The van der Waals surface area contributed by atoms with Gasteiger partial charge in [0.15, 0.2) is 5.76 Å². The SMILES string of the molecule is O=C(NCc1ccn2ccnc2c1)Nc1ccc(C2CN(C(=O)c3ccco3)C2)cc1. The molecule has 3 aromatic heterocycles. The van der Waals surface area contributed by atoms with Gasteiger partial charge in [0.05, 0.1) is 6.26 Å². The summed E-state index contributed by atoms with van der Waals surface area (Å²) < 4.78 is 7.08. The lowest BCUT2D eigenvalue weighted by Gasteiger charge is -2.39. The van der Waals surface area contributed by atoms with E-state index in [9.17, 15) is 9.59 Å². The molecule has 8 nitrogen and oxygen atoms in total. The molecular weight excluding hydrogens is 394 g/mol. The first-order valence-electron chi connectivity index (χ1n) is 10.0. The zero-order valence-electron chi connectivity index (χ0n) is 16.7. The van der Waals surface area contributed by atoms with Crippen LogP contribution in [-0.2, 0) is 6.54 Å². The number of urea groups is 1. The molecule has 31 heavy (non-hydrogen) atoms. The number of anilines is 1. The number of nitrogens with zero attached hydrogens (tertiary/aromatic N) is 3. The Morgan fingerprint density at radius 2 is 1.94 bits per heavy atom. The summed E-state index contributed by atoms with van der Waals surface area (Å²) >= 11 is 0. The van der Waals surface area contributed by atoms with E-state index in [0.717, 1.165) is 16.8 Å². The summed E-state index contributed by atoms with van der Waals surface area (Å²) in [5.41, 5.74) is 3.67. The van der Waals surface area contributed by atoms with Gasteiger partial charge in [-0.05, 0) is 47.5 Å². The Morgan fingerprint density at radius 3 is 2.71 bits per heavy atom. The standard InChI is InChI=1S/C23H21N5O3/c29-22(20-2-1-11-31-20)28-14-18(15-28)17-3-5-19(6-4-17)26-23(30)25-13-16-7-9-27-10-8-24-21(27)12-16/h1-12,18H,13-15H2,(H2,25,26,30). The monoisotopic (exact) mass is 415 g/mol. The topological polar surface area (TPSA) is 91.9 Å². The van der Waals surface area contributed by atoms with Crippen LogP contribution >= 0.6 is 0 Å². The van der Waals surface area contributed by atoms with Gasteiger partial charge in [-0.15, -0.1) is 0 Å². The Bertz CT molecular complexity index is 1210. The van der Waals surface area contributed by atoms with Crippen LogP contribution in [-0.4, -0.2) is 39.3 Å². The summed E-state index contributed by atoms with van der Waals surface area (Å²) in [6.45, 7) is 1.73. The lowest BCUT2D eigenvalue weighted by Crippen LogP contribution is -2.48. The van der Waals surface area contributed by atoms with Crippen molar-refractivity contribution in [2.45, 2.75) is 12.5 Å². The number of benzene rings is 1. The molecule has 3 amide bonds. The highest BCUT2D eigenvalue weighted by Crippen LogP contribution is 2.29. The number of fused-ring (bicyclic) bond motifs is 1. The smallest absolute Gasteiger partial charge is 0.319 e. The summed E-state index contributed by atoms with van der Waals surface area (Å²) in [7, 11) is 0. The fourth-order valence-electron chi connectivity index (χ4n) is 3.67. The van der Waals surface area contributed by atoms with Gasteiger partial charge >= 0.3 is 6.03 Å². The Kier molecular flexibility index (Phi) is 4.87. The molecule has 4 heterocycles. The number of carbonyl (C=O) groups excluding carboxylic acids is 2. The highest BCUT2D eigenvalue weighted by molar-refractivity contribution is 5.92. The lowest BCUT2D eigenvalue weighted by molar-refractivity contribution is 0.0569. The number of carbonyl (C=O) groups is 2. The normalized spacial score (nSPS) is 13.7. The molecule has 0 aliphatic carbocycles. The first-order valence-corrected chi connectivity index (χ1v) is 10.0. The maximum atomic E-state index is 12.2. The van der Waals surface area contributed by atoms with Crippen LogP contribution in [0.1, 0.15) is 27.6 Å². The molecule has 0 unspecified atom stereocenters. The molecule has 1 aromatic carbocycles. The van der Waals surface area contributed by atoms with Crippen LogP contribution < -0.4 is 10.6 Å². The first-order chi connectivity index (χ1) is 15.2. The van der Waals surface area contributed by atoms with Crippen LogP contribution in [0.25, 0.3) is 5.65 Å². The van der Waals surface area contributed by atoms with Crippen LogP contribution in [0.3, 0.4) is 0 Å². The Labute approximate surface area is 178 Å². The zero-order valence-corrected chi connectivity index (χ0v) is 16.7. The van der Waals surface area contributed by atoms with Crippen LogP contribution in [0.5, 0.6) is 0 Å². The molecule has 0 bridgehead atoms. The van der Waals surface area contributed by atoms with Gasteiger partial charge in [0.2, 0.25) is 0 Å². The molecule has 5 rings (SSSR count). The van der Waals surface area contributed by atoms with Crippen molar-refractivity contribution in [1.29, 1.82) is 0 Å². The Morgan fingerprint density at radius 1 is 1.10 bits per heavy atom. The van der Waals surface area contributed by atoms with E-state index in [1.54, 1.807) is 23.2 Å². The average Bonchev–Trinajstić information content (AvgIpc) is 3.44. The highest BCUT2D eigenvalue weighted by Gasteiger charge is 2.33. The molecule has 8 heteroatoms. The van der Waals surface area contributed by atoms with E-state index in [2.05, 4.69) is 15.6 Å². The minimum Gasteiger partial charge on any atom is -0.459 e. The molecule has 0 radical (unpaired) electrons. The first kappa shape index (κ1) is 18.9. The van der Waals surface area contributed by atoms with Crippen molar-refractivity contribution < 1.29 is 14.0 Å². The molecule has 1 aliphatic heterocycles. The Hall–Kier alpha value is -4.07. The third-order valence-electron chi connectivity index (χ3n) is 5.46.